The van der Waals surface area contributed by atoms with Gasteiger partial charge < -0.3 is 16.8 Å². The highest BCUT2D eigenvalue weighted by Gasteiger charge is 2.07. The molecule has 0 aliphatic heterocycles. The molecule has 6 heteroatoms. The Morgan fingerprint density at radius 2 is 2.22 bits per heavy atom. The van der Waals surface area contributed by atoms with Crippen molar-refractivity contribution in [3.8, 4) is 0 Å². The highest BCUT2D eigenvalue weighted by molar-refractivity contribution is 5.98. The van der Waals surface area contributed by atoms with Crippen LogP contribution >= 0.6 is 0 Å². The summed E-state index contributed by atoms with van der Waals surface area (Å²) in [7, 11) is 0. The SMILES string of the molecule is NC(=O)c1cc(NCc2cccnc2)ncc1N. The van der Waals surface area contributed by atoms with Crippen LogP contribution in [0.4, 0.5) is 11.5 Å². The summed E-state index contributed by atoms with van der Waals surface area (Å²) in [6.45, 7) is 0.558. The third-order valence-corrected chi connectivity index (χ3v) is 2.40. The highest BCUT2D eigenvalue weighted by Crippen LogP contribution is 2.14. The first-order valence-corrected chi connectivity index (χ1v) is 5.35. The number of nitrogens with one attached hydrogen (secondary N) is 1. The molecule has 92 valence electrons. The average molecular weight is 243 g/mol. The lowest BCUT2D eigenvalue weighted by atomic mass is 10.2. The molecule has 0 atom stereocenters. The molecule has 0 saturated carbocycles. The number of amides is 1. The van der Waals surface area contributed by atoms with E-state index in [1.54, 1.807) is 12.4 Å². The minimum absolute atomic E-state index is 0.263. The second-order valence-electron chi connectivity index (χ2n) is 3.74. The van der Waals surface area contributed by atoms with Gasteiger partial charge in [-0.1, -0.05) is 6.07 Å². The Morgan fingerprint density at radius 1 is 1.39 bits per heavy atom. The molecule has 0 unspecified atom stereocenters. The number of aromatic nitrogens is 2. The molecule has 1 amide bonds. The molecule has 0 aliphatic rings. The van der Waals surface area contributed by atoms with Crippen molar-refractivity contribution >= 4 is 17.4 Å². The van der Waals surface area contributed by atoms with Crippen LogP contribution in [0.3, 0.4) is 0 Å². The second-order valence-corrected chi connectivity index (χ2v) is 3.74. The maximum atomic E-state index is 11.1. The Labute approximate surface area is 104 Å². The second kappa shape index (κ2) is 5.13. The number of hydrogen-bond acceptors (Lipinski definition) is 5. The summed E-state index contributed by atoms with van der Waals surface area (Å²) in [5.74, 6) is -0.0267. The van der Waals surface area contributed by atoms with E-state index in [1.165, 1.54) is 12.3 Å². The fourth-order valence-corrected chi connectivity index (χ4v) is 1.47. The van der Waals surface area contributed by atoms with Gasteiger partial charge in [-0.05, 0) is 17.7 Å². The van der Waals surface area contributed by atoms with Crippen LogP contribution in [0.2, 0.25) is 0 Å². The van der Waals surface area contributed by atoms with Crippen molar-refractivity contribution in [3.63, 3.8) is 0 Å². The van der Waals surface area contributed by atoms with Crippen LogP contribution in [0.1, 0.15) is 15.9 Å². The van der Waals surface area contributed by atoms with Crippen molar-refractivity contribution in [2.45, 2.75) is 6.54 Å². The monoisotopic (exact) mass is 243 g/mol. The predicted molar refractivity (Wildman–Crippen MR) is 68.7 cm³/mol. The third kappa shape index (κ3) is 2.73. The minimum Gasteiger partial charge on any atom is -0.397 e. The largest absolute Gasteiger partial charge is 0.397 e. The Morgan fingerprint density at radius 3 is 2.89 bits per heavy atom. The van der Waals surface area contributed by atoms with E-state index in [0.717, 1.165) is 5.56 Å². The Kier molecular flexibility index (Phi) is 3.38. The van der Waals surface area contributed by atoms with Crippen molar-refractivity contribution in [2.75, 3.05) is 11.1 Å². The molecule has 0 fully saturated rings. The van der Waals surface area contributed by atoms with E-state index in [0.29, 0.717) is 12.4 Å². The van der Waals surface area contributed by atoms with Crippen molar-refractivity contribution in [3.05, 3.63) is 47.9 Å². The van der Waals surface area contributed by atoms with E-state index in [1.807, 2.05) is 12.1 Å². The van der Waals surface area contributed by atoms with Crippen LogP contribution in [-0.4, -0.2) is 15.9 Å². The minimum atomic E-state index is -0.570. The number of hydrogen-bond donors (Lipinski definition) is 3. The molecule has 18 heavy (non-hydrogen) atoms. The summed E-state index contributed by atoms with van der Waals surface area (Å²) in [5, 5.41) is 3.07. The molecule has 0 aromatic carbocycles. The van der Waals surface area contributed by atoms with Crippen molar-refractivity contribution in [2.24, 2.45) is 5.73 Å². The Hall–Kier alpha value is -2.63. The molecule has 5 N–H and O–H groups in total. The number of rotatable bonds is 4. The topological polar surface area (TPSA) is 107 Å². The maximum absolute atomic E-state index is 11.1. The molecule has 0 bridgehead atoms. The van der Waals surface area contributed by atoms with E-state index in [4.69, 9.17) is 11.5 Å². The number of pyridine rings is 2. The standard InChI is InChI=1S/C12H13N5O/c13-10-7-17-11(4-9(10)12(14)18)16-6-8-2-1-3-15-5-8/h1-5,7H,6,13H2,(H2,14,18)(H,16,17). The molecule has 2 rings (SSSR count). The highest BCUT2D eigenvalue weighted by atomic mass is 16.1. The lowest BCUT2D eigenvalue weighted by Crippen LogP contribution is -2.14. The molecule has 0 radical (unpaired) electrons. The van der Waals surface area contributed by atoms with Gasteiger partial charge in [0, 0.05) is 18.9 Å². The van der Waals surface area contributed by atoms with Gasteiger partial charge in [-0.15, -0.1) is 0 Å². The van der Waals surface area contributed by atoms with Crippen LogP contribution in [-0.2, 0) is 6.54 Å². The first-order chi connectivity index (χ1) is 8.66. The van der Waals surface area contributed by atoms with Crippen LogP contribution in [0.5, 0.6) is 0 Å². The number of nitrogens with zero attached hydrogens (tertiary/aromatic N) is 2. The third-order valence-electron chi connectivity index (χ3n) is 2.40. The van der Waals surface area contributed by atoms with Crippen molar-refractivity contribution in [1.82, 2.24) is 9.97 Å². The molecular formula is C12H13N5O. The van der Waals surface area contributed by atoms with Gasteiger partial charge in [0.15, 0.2) is 0 Å². The molecule has 2 aromatic rings. The normalized spacial score (nSPS) is 10.0. The van der Waals surface area contributed by atoms with Gasteiger partial charge >= 0.3 is 0 Å². The zero-order chi connectivity index (χ0) is 13.0. The van der Waals surface area contributed by atoms with Crippen molar-refractivity contribution in [1.29, 1.82) is 0 Å². The van der Waals surface area contributed by atoms with Gasteiger partial charge in [0.25, 0.3) is 5.91 Å². The number of nitrogens with two attached hydrogens (primary N) is 2. The number of anilines is 2. The van der Waals surface area contributed by atoms with Gasteiger partial charge in [-0.25, -0.2) is 4.98 Å². The number of primary amides is 1. The fraction of sp³-hybridized carbons (Fsp3) is 0.0833. The number of carbonyl (C=O) groups is 1. The van der Waals surface area contributed by atoms with Gasteiger partial charge in [-0.3, -0.25) is 9.78 Å². The zero-order valence-corrected chi connectivity index (χ0v) is 9.63. The molecule has 2 aromatic heterocycles. The molecule has 0 spiro atoms. The first kappa shape index (κ1) is 11.8. The Bertz CT molecular complexity index is 556. The Balaban J connectivity index is 2.11. The molecule has 0 aliphatic carbocycles. The fourth-order valence-electron chi connectivity index (χ4n) is 1.47. The predicted octanol–water partition coefficient (Wildman–Crippen LogP) is 0.770. The summed E-state index contributed by atoms with van der Waals surface area (Å²) >= 11 is 0. The first-order valence-electron chi connectivity index (χ1n) is 5.35. The molecular weight excluding hydrogens is 230 g/mol. The lowest BCUT2D eigenvalue weighted by molar-refractivity contribution is 0.100. The maximum Gasteiger partial charge on any atom is 0.250 e. The van der Waals surface area contributed by atoms with Crippen LogP contribution in [0.15, 0.2) is 36.8 Å². The van der Waals surface area contributed by atoms with Gasteiger partial charge in [0.05, 0.1) is 17.4 Å². The average Bonchev–Trinajstić information content (AvgIpc) is 2.38. The summed E-state index contributed by atoms with van der Waals surface area (Å²) in [6, 6.07) is 5.32. The van der Waals surface area contributed by atoms with E-state index >= 15 is 0 Å². The number of carbonyl (C=O) groups excluding carboxylic acids is 1. The summed E-state index contributed by atoms with van der Waals surface area (Å²) in [4.78, 5) is 19.2. The van der Waals surface area contributed by atoms with Crippen LogP contribution in [0, 0.1) is 0 Å². The lowest BCUT2D eigenvalue weighted by Gasteiger charge is -2.07. The van der Waals surface area contributed by atoms with Gasteiger partial charge in [0.2, 0.25) is 0 Å². The summed E-state index contributed by atoms with van der Waals surface area (Å²) in [6.07, 6.45) is 4.86. The van der Waals surface area contributed by atoms with Crippen LogP contribution < -0.4 is 16.8 Å². The van der Waals surface area contributed by atoms with Gasteiger partial charge in [0.1, 0.15) is 5.82 Å². The smallest absolute Gasteiger partial charge is 0.250 e. The van der Waals surface area contributed by atoms with E-state index in [2.05, 4.69) is 15.3 Å². The number of nitrogen functional groups attached to an aromatic ring is 1. The van der Waals surface area contributed by atoms with E-state index in [9.17, 15) is 4.79 Å². The molecule has 0 saturated heterocycles. The van der Waals surface area contributed by atoms with Gasteiger partial charge in [-0.2, -0.15) is 0 Å². The molecule has 2 heterocycles. The quantitative estimate of drug-likeness (QED) is 0.735. The van der Waals surface area contributed by atoms with Crippen molar-refractivity contribution < 1.29 is 4.79 Å². The van der Waals surface area contributed by atoms with E-state index in [-0.39, 0.29) is 11.3 Å². The summed E-state index contributed by atoms with van der Waals surface area (Å²) in [5.41, 5.74) is 12.3. The summed E-state index contributed by atoms with van der Waals surface area (Å²) < 4.78 is 0. The zero-order valence-electron chi connectivity index (χ0n) is 9.63. The van der Waals surface area contributed by atoms with Crippen LogP contribution in [0.25, 0.3) is 0 Å². The molecule has 6 nitrogen and oxygen atoms in total. The van der Waals surface area contributed by atoms with E-state index < -0.39 is 5.91 Å².